The Balaban J connectivity index is 1.60. The minimum atomic E-state index is -3.76. The van der Waals surface area contributed by atoms with Crippen molar-refractivity contribution in [2.75, 3.05) is 4.72 Å². The van der Waals surface area contributed by atoms with Gasteiger partial charge in [-0.1, -0.05) is 24.3 Å². The Hall–Kier alpha value is -3.10. The van der Waals surface area contributed by atoms with E-state index in [9.17, 15) is 13.2 Å². The standard InChI is InChI=1S/C24H23N3O3S2/c1-16-12-18(3)22(13-17(16)2)32(29,30)26-20-8-4-5-9-21(20)31-15-19-14-24(28)27-11-7-6-10-23(27)25-19/h4-14,26H,15H2,1-3H3. The highest BCUT2D eigenvalue weighted by atomic mass is 32.2. The summed E-state index contributed by atoms with van der Waals surface area (Å²) in [7, 11) is -3.76. The van der Waals surface area contributed by atoms with Crippen molar-refractivity contribution in [3.63, 3.8) is 0 Å². The Labute approximate surface area is 191 Å². The van der Waals surface area contributed by atoms with Crippen LogP contribution in [0, 0.1) is 20.8 Å². The van der Waals surface area contributed by atoms with Crippen LogP contribution in [-0.2, 0) is 15.8 Å². The van der Waals surface area contributed by atoms with Gasteiger partial charge in [0.05, 0.1) is 16.3 Å². The zero-order valence-corrected chi connectivity index (χ0v) is 19.6. The van der Waals surface area contributed by atoms with Crippen LogP contribution in [0.3, 0.4) is 0 Å². The van der Waals surface area contributed by atoms with Gasteiger partial charge in [-0.2, -0.15) is 0 Å². The van der Waals surface area contributed by atoms with Crippen LogP contribution in [0.1, 0.15) is 22.4 Å². The lowest BCUT2D eigenvalue weighted by molar-refractivity contribution is 0.600. The Morgan fingerprint density at radius 2 is 1.66 bits per heavy atom. The number of nitrogens with one attached hydrogen (secondary N) is 1. The van der Waals surface area contributed by atoms with Crippen LogP contribution < -0.4 is 10.3 Å². The summed E-state index contributed by atoms with van der Waals surface area (Å²) in [5.41, 5.74) is 4.23. The van der Waals surface area contributed by atoms with Crippen LogP contribution in [0.2, 0.25) is 0 Å². The SMILES string of the molecule is Cc1cc(C)c(S(=O)(=O)Nc2ccccc2SCc2cc(=O)n3ccccc3n2)cc1C. The van der Waals surface area contributed by atoms with Gasteiger partial charge in [-0.25, -0.2) is 13.4 Å². The molecule has 2 aromatic carbocycles. The summed E-state index contributed by atoms with van der Waals surface area (Å²) in [4.78, 5) is 17.9. The number of pyridine rings is 1. The summed E-state index contributed by atoms with van der Waals surface area (Å²) in [5.74, 6) is 0.433. The molecule has 0 radical (unpaired) electrons. The Kier molecular flexibility index (Phi) is 6.08. The van der Waals surface area contributed by atoms with Gasteiger partial charge in [-0.3, -0.25) is 13.9 Å². The van der Waals surface area contributed by atoms with Gasteiger partial charge in [-0.15, -0.1) is 11.8 Å². The third-order valence-electron chi connectivity index (χ3n) is 5.21. The fourth-order valence-electron chi connectivity index (χ4n) is 3.43. The van der Waals surface area contributed by atoms with Crippen molar-refractivity contribution in [1.82, 2.24) is 9.38 Å². The third-order valence-corrected chi connectivity index (χ3v) is 7.83. The molecule has 0 atom stereocenters. The van der Waals surface area contributed by atoms with E-state index < -0.39 is 10.0 Å². The number of aromatic nitrogens is 2. The Morgan fingerprint density at radius 3 is 2.47 bits per heavy atom. The number of nitrogens with zero attached hydrogens (tertiary/aromatic N) is 2. The number of benzene rings is 2. The molecule has 0 saturated heterocycles. The largest absolute Gasteiger partial charge is 0.278 e. The lowest BCUT2D eigenvalue weighted by atomic mass is 10.1. The fourth-order valence-corrected chi connectivity index (χ4v) is 5.79. The number of para-hydroxylation sites is 1. The smallest absolute Gasteiger partial charge is 0.262 e. The summed E-state index contributed by atoms with van der Waals surface area (Å²) >= 11 is 1.43. The number of fused-ring (bicyclic) bond motifs is 1. The van der Waals surface area contributed by atoms with Crippen LogP contribution in [0.25, 0.3) is 5.65 Å². The highest BCUT2D eigenvalue weighted by Crippen LogP contribution is 2.31. The number of sulfonamides is 1. The second-order valence-electron chi connectivity index (χ2n) is 7.61. The predicted molar refractivity (Wildman–Crippen MR) is 129 cm³/mol. The summed E-state index contributed by atoms with van der Waals surface area (Å²) < 4.78 is 30.5. The number of thioether (sulfide) groups is 1. The van der Waals surface area contributed by atoms with Gasteiger partial charge in [0.2, 0.25) is 0 Å². The number of hydrogen-bond donors (Lipinski definition) is 1. The normalized spacial score (nSPS) is 11.6. The van der Waals surface area contributed by atoms with E-state index in [0.717, 1.165) is 16.0 Å². The molecular formula is C24H23N3O3S2. The molecule has 0 fully saturated rings. The quantitative estimate of drug-likeness (QED) is 0.417. The maximum atomic E-state index is 13.1. The van der Waals surface area contributed by atoms with Crippen molar-refractivity contribution in [2.45, 2.75) is 36.3 Å². The van der Waals surface area contributed by atoms with E-state index in [1.165, 1.54) is 22.2 Å². The van der Waals surface area contributed by atoms with Crippen molar-refractivity contribution in [2.24, 2.45) is 0 Å². The average Bonchev–Trinajstić information content (AvgIpc) is 2.75. The lowest BCUT2D eigenvalue weighted by Crippen LogP contribution is -2.15. The molecule has 4 aromatic rings. The van der Waals surface area contributed by atoms with E-state index >= 15 is 0 Å². The molecule has 8 heteroatoms. The molecule has 6 nitrogen and oxygen atoms in total. The Bertz CT molecular complexity index is 1480. The highest BCUT2D eigenvalue weighted by Gasteiger charge is 2.19. The summed E-state index contributed by atoms with van der Waals surface area (Å²) in [5, 5.41) is 0. The number of anilines is 1. The van der Waals surface area contributed by atoms with Crippen molar-refractivity contribution >= 4 is 33.1 Å². The van der Waals surface area contributed by atoms with Crippen molar-refractivity contribution < 1.29 is 8.42 Å². The van der Waals surface area contributed by atoms with Gasteiger partial charge in [0, 0.05) is 22.9 Å². The zero-order chi connectivity index (χ0) is 22.9. The third kappa shape index (κ3) is 4.56. The van der Waals surface area contributed by atoms with Gasteiger partial charge in [0.1, 0.15) is 5.65 Å². The van der Waals surface area contributed by atoms with E-state index in [1.807, 2.05) is 38.1 Å². The second-order valence-corrected chi connectivity index (χ2v) is 10.3. The molecule has 0 bridgehead atoms. The van der Waals surface area contributed by atoms with E-state index in [1.54, 1.807) is 43.5 Å². The fraction of sp³-hybridized carbons (Fsp3) is 0.167. The van der Waals surface area contributed by atoms with Gasteiger partial charge >= 0.3 is 0 Å². The van der Waals surface area contributed by atoms with E-state index in [4.69, 9.17) is 0 Å². The maximum Gasteiger partial charge on any atom is 0.262 e. The summed E-state index contributed by atoms with van der Waals surface area (Å²) in [6, 6.07) is 17.7. The number of aryl methyl sites for hydroxylation is 3. The van der Waals surface area contributed by atoms with Gasteiger partial charge in [0.25, 0.3) is 15.6 Å². The van der Waals surface area contributed by atoms with E-state index in [2.05, 4.69) is 9.71 Å². The first-order chi connectivity index (χ1) is 15.2. The van der Waals surface area contributed by atoms with Gasteiger partial charge in [-0.05, 0) is 67.8 Å². The predicted octanol–water partition coefficient (Wildman–Crippen LogP) is 4.71. The molecule has 32 heavy (non-hydrogen) atoms. The van der Waals surface area contributed by atoms with Crippen LogP contribution in [0.15, 0.2) is 81.4 Å². The first-order valence-electron chi connectivity index (χ1n) is 10.0. The van der Waals surface area contributed by atoms with E-state index in [-0.39, 0.29) is 10.5 Å². The minimum Gasteiger partial charge on any atom is -0.278 e. The van der Waals surface area contributed by atoms with Crippen LogP contribution >= 0.6 is 11.8 Å². The minimum absolute atomic E-state index is 0.148. The maximum absolute atomic E-state index is 13.1. The molecule has 2 heterocycles. The molecule has 0 aliphatic heterocycles. The molecule has 0 aliphatic carbocycles. The Morgan fingerprint density at radius 1 is 0.938 bits per heavy atom. The van der Waals surface area contributed by atoms with Crippen molar-refractivity contribution in [3.05, 3.63) is 99.6 Å². The molecule has 4 rings (SSSR count). The molecule has 2 aromatic heterocycles. The van der Waals surface area contributed by atoms with Crippen molar-refractivity contribution in [1.29, 1.82) is 0 Å². The second kappa shape index (κ2) is 8.80. The van der Waals surface area contributed by atoms with Crippen LogP contribution in [0.5, 0.6) is 0 Å². The molecule has 0 aliphatic rings. The highest BCUT2D eigenvalue weighted by molar-refractivity contribution is 7.98. The molecule has 1 N–H and O–H groups in total. The summed E-state index contributed by atoms with van der Waals surface area (Å²) in [6.07, 6.45) is 1.68. The molecule has 0 unspecified atom stereocenters. The molecule has 0 amide bonds. The molecule has 0 saturated carbocycles. The first-order valence-corrected chi connectivity index (χ1v) is 12.5. The monoisotopic (exact) mass is 465 g/mol. The molecule has 164 valence electrons. The molecule has 0 spiro atoms. The lowest BCUT2D eigenvalue weighted by Gasteiger charge is -2.15. The van der Waals surface area contributed by atoms with E-state index in [0.29, 0.717) is 28.3 Å². The van der Waals surface area contributed by atoms with Crippen molar-refractivity contribution in [3.8, 4) is 0 Å². The summed E-state index contributed by atoms with van der Waals surface area (Å²) in [6.45, 7) is 5.66. The molecular weight excluding hydrogens is 442 g/mol. The van der Waals surface area contributed by atoms with Gasteiger partial charge < -0.3 is 0 Å². The number of rotatable bonds is 6. The number of hydrogen-bond acceptors (Lipinski definition) is 5. The first kappa shape index (κ1) is 22.1. The topological polar surface area (TPSA) is 80.5 Å². The average molecular weight is 466 g/mol. The van der Waals surface area contributed by atoms with Gasteiger partial charge in [0.15, 0.2) is 0 Å². The zero-order valence-electron chi connectivity index (χ0n) is 18.0. The van der Waals surface area contributed by atoms with Crippen LogP contribution in [-0.4, -0.2) is 17.8 Å². The van der Waals surface area contributed by atoms with Crippen LogP contribution in [0.4, 0.5) is 5.69 Å².